The van der Waals surface area contributed by atoms with Gasteiger partial charge in [-0.2, -0.15) is 0 Å². The Morgan fingerprint density at radius 2 is 1.79 bits per heavy atom. The smallest absolute Gasteiger partial charge is 0.222 e. The summed E-state index contributed by atoms with van der Waals surface area (Å²) in [6.45, 7) is 3.73. The molecule has 0 spiro atoms. The van der Waals surface area contributed by atoms with Crippen LogP contribution in [0.5, 0.6) is 5.75 Å². The van der Waals surface area contributed by atoms with Crippen LogP contribution >= 0.6 is 0 Å². The Hall–Kier alpha value is -2.04. The fourth-order valence-electron chi connectivity index (χ4n) is 3.21. The number of methoxy groups -OCH3 is 1. The summed E-state index contributed by atoms with van der Waals surface area (Å²) < 4.78 is 5.15. The van der Waals surface area contributed by atoms with E-state index in [0.29, 0.717) is 0 Å². The van der Waals surface area contributed by atoms with Gasteiger partial charge in [0, 0.05) is 13.0 Å². The SMILES string of the molecule is COc1ccc(C(CC(=O)NC2CCC(C)CC2)NC(C)=O)cc1. The van der Waals surface area contributed by atoms with Crippen LogP contribution in [0.4, 0.5) is 0 Å². The molecule has 5 heteroatoms. The molecule has 1 fully saturated rings. The molecule has 0 heterocycles. The lowest BCUT2D eigenvalue weighted by Gasteiger charge is -2.27. The van der Waals surface area contributed by atoms with Crippen LogP contribution in [0.15, 0.2) is 24.3 Å². The van der Waals surface area contributed by atoms with E-state index in [4.69, 9.17) is 4.74 Å². The van der Waals surface area contributed by atoms with Crippen molar-refractivity contribution in [2.75, 3.05) is 7.11 Å². The van der Waals surface area contributed by atoms with Gasteiger partial charge in [-0.05, 0) is 49.3 Å². The predicted octanol–water partition coefficient (Wildman–Crippen LogP) is 2.96. The summed E-state index contributed by atoms with van der Waals surface area (Å²) in [5.41, 5.74) is 0.901. The van der Waals surface area contributed by atoms with Crippen LogP contribution < -0.4 is 15.4 Å². The molecule has 24 heavy (non-hydrogen) atoms. The predicted molar refractivity (Wildman–Crippen MR) is 93.7 cm³/mol. The van der Waals surface area contributed by atoms with Crippen molar-refractivity contribution in [3.63, 3.8) is 0 Å². The van der Waals surface area contributed by atoms with Crippen LogP contribution in [0.1, 0.15) is 57.6 Å². The third kappa shape index (κ3) is 5.55. The van der Waals surface area contributed by atoms with Crippen LogP contribution in [-0.2, 0) is 9.59 Å². The van der Waals surface area contributed by atoms with Crippen molar-refractivity contribution in [1.82, 2.24) is 10.6 Å². The van der Waals surface area contributed by atoms with E-state index >= 15 is 0 Å². The second kappa shape index (κ2) is 8.71. The van der Waals surface area contributed by atoms with E-state index in [2.05, 4.69) is 17.6 Å². The maximum Gasteiger partial charge on any atom is 0.222 e. The molecule has 2 rings (SSSR count). The Balaban J connectivity index is 1.96. The molecule has 1 atom stereocenters. The van der Waals surface area contributed by atoms with Crippen LogP contribution in [-0.4, -0.2) is 25.0 Å². The average molecular weight is 332 g/mol. The molecular formula is C19H28N2O3. The summed E-state index contributed by atoms with van der Waals surface area (Å²) in [5, 5.41) is 5.99. The number of carbonyl (C=O) groups excluding carboxylic acids is 2. The summed E-state index contributed by atoms with van der Waals surface area (Å²) in [6, 6.07) is 7.39. The van der Waals surface area contributed by atoms with Crippen molar-refractivity contribution < 1.29 is 14.3 Å². The zero-order valence-corrected chi connectivity index (χ0v) is 14.8. The molecule has 132 valence electrons. The van der Waals surface area contributed by atoms with Gasteiger partial charge in [0.05, 0.1) is 19.6 Å². The third-order valence-corrected chi connectivity index (χ3v) is 4.67. The molecule has 1 aliphatic carbocycles. The Labute approximate surface area is 144 Å². The fourth-order valence-corrected chi connectivity index (χ4v) is 3.21. The van der Waals surface area contributed by atoms with Gasteiger partial charge in [0.25, 0.3) is 0 Å². The highest BCUT2D eigenvalue weighted by atomic mass is 16.5. The Morgan fingerprint density at radius 1 is 1.17 bits per heavy atom. The molecule has 0 aliphatic heterocycles. The van der Waals surface area contributed by atoms with Gasteiger partial charge in [-0.15, -0.1) is 0 Å². The first-order valence-corrected chi connectivity index (χ1v) is 8.68. The van der Waals surface area contributed by atoms with Crippen LogP contribution in [0.3, 0.4) is 0 Å². The largest absolute Gasteiger partial charge is 0.497 e. The molecule has 5 nitrogen and oxygen atoms in total. The van der Waals surface area contributed by atoms with Crippen molar-refractivity contribution >= 4 is 11.8 Å². The summed E-state index contributed by atoms with van der Waals surface area (Å²) in [7, 11) is 1.61. The van der Waals surface area contributed by atoms with Gasteiger partial charge in [-0.25, -0.2) is 0 Å². The highest BCUT2D eigenvalue weighted by molar-refractivity contribution is 5.79. The molecule has 0 bridgehead atoms. The summed E-state index contributed by atoms with van der Waals surface area (Å²) >= 11 is 0. The van der Waals surface area contributed by atoms with E-state index in [0.717, 1.165) is 30.1 Å². The molecule has 1 saturated carbocycles. The quantitative estimate of drug-likeness (QED) is 0.841. The molecule has 1 aliphatic rings. The highest BCUT2D eigenvalue weighted by Crippen LogP contribution is 2.24. The van der Waals surface area contributed by atoms with E-state index in [1.807, 2.05) is 24.3 Å². The van der Waals surface area contributed by atoms with Gasteiger partial charge in [0.15, 0.2) is 0 Å². The lowest BCUT2D eigenvalue weighted by Crippen LogP contribution is -2.39. The Bertz CT molecular complexity index is 548. The number of nitrogens with one attached hydrogen (secondary N) is 2. The average Bonchev–Trinajstić information content (AvgIpc) is 2.56. The van der Waals surface area contributed by atoms with Crippen LogP contribution in [0.2, 0.25) is 0 Å². The second-order valence-electron chi connectivity index (χ2n) is 6.75. The maximum atomic E-state index is 12.4. The van der Waals surface area contributed by atoms with Gasteiger partial charge in [0.2, 0.25) is 11.8 Å². The zero-order valence-electron chi connectivity index (χ0n) is 14.8. The first-order valence-electron chi connectivity index (χ1n) is 8.68. The van der Waals surface area contributed by atoms with E-state index < -0.39 is 0 Å². The molecule has 2 N–H and O–H groups in total. The minimum Gasteiger partial charge on any atom is -0.497 e. The van der Waals surface area contributed by atoms with E-state index in [1.54, 1.807) is 7.11 Å². The van der Waals surface area contributed by atoms with Gasteiger partial charge >= 0.3 is 0 Å². The zero-order chi connectivity index (χ0) is 17.5. The number of ether oxygens (including phenoxy) is 1. The lowest BCUT2D eigenvalue weighted by atomic mass is 9.87. The molecule has 1 unspecified atom stereocenters. The number of hydrogen-bond donors (Lipinski definition) is 2. The topological polar surface area (TPSA) is 67.4 Å². The van der Waals surface area contributed by atoms with Crippen molar-refractivity contribution in [2.45, 2.75) is 58.0 Å². The normalized spacial score (nSPS) is 21.6. The van der Waals surface area contributed by atoms with Crippen LogP contribution in [0, 0.1) is 5.92 Å². The molecule has 1 aromatic rings. The van der Waals surface area contributed by atoms with Crippen LogP contribution in [0.25, 0.3) is 0 Å². The fraction of sp³-hybridized carbons (Fsp3) is 0.579. The van der Waals surface area contributed by atoms with Gasteiger partial charge in [0.1, 0.15) is 5.75 Å². The van der Waals surface area contributed by atoms with Gasteiger partial charge in [-0.3, -0.25) is 9.59 Å². The monoisotopic (exact) mass is 332 g/mol. The van der Waals surface area contributed by atoms with E-state index in [9.17, 15) is 9.59 Å². The maximum absolute atomic E-state index is 12.4. The number of hydrogen-bond acceptors (Lipinski definition) is 3. The van der Waals surface area contributed by atoms with Crippen molar-refractivity contribution in [3.05, 3.63) is 29.8 Å². The molecule has 2 amide bonds. The Kier molecular flexibility index (Phi) is 6.64. The van der Waals surface area contributed by atoms with E-state index in [-0.39, 0.29) is 30.3 Å². The van der Waals surface area contributed by atoms with Crippen molar-refractivity contribution in [1.29, 1.82) is 0 Å². The number of amides is 2. The molecular weight excluding hydrogens is 304 g/mol. The molecule has 1 aromatic carbocycles. The highest BCUT2D eigenvalue weighted by Gasteiger charge is 2.22. The minimum atomic E-state index is -0.323. The second-order valence-corrected chi connectivity index (χ2v) is 6.75. The number of rotatable bonds is 6. The summed E-state index contributed by atoms with van der Waals surface area (Å²) in [4.78, 5) is 23.9. The summed E-state index contributed by atoms with van der Waals surface area (Å²) in [6.07, 6.45) is 4.66. The Morgan fingerprint density at radius 3 is 2.33 bits per heavy atom. The number of carbonyl (C=O) groups is 2. The third-order valence-electron chi connectivity index (χ3n) is 4.67. The van der Waals surface area contributed by atoms with E-state index in [1.165, 1.54) is 19.8 Å². The lowest BCUT2D eigenvalue weighted by molar-refractivity contribution is -0.123. The minimum absolute atomic E-state index is 0.0101. The van der Waals surface area contributed by atoms with Gasteiger partial charge in [-0.1, -0.05) is 19.1 Å². The summed E-state index contributed by atoms with van der Waals surface area (Å²) in [5.74, 6) is 1.35. The molecule has 0 saturated heterocycles. The number of benzene rings is 1. The van der Waals surface area contributed by atoms with Gasteiger partial charge < -0.3 is 15.4 Å². The first-order chi connectivity index (χ1) is 11.5. The molecule has 0 radical (unpaired) electrons. The molecule has 0 aromatic heterocycles. The first kappa shape index (κ1) is 18.3. The standard InChI is InChI=1S/C19H28N2O3/c1-13-4-8-16(9-5-13)21-19(23)12-18(20-14(2)22)15-6-10-17(24-3)11-7-15/h6-7,10-11,13,16,18H,4-5,8-9,12H2,1-3H3,(H,20,22)(H,21,23). The van der Waals surface area contributed by atoms with Crippen molar-refractivity contribution in [2.24, 2.45) is 5.92 Å². The van der Waals surface area contributed by atoms with Crippen molar-refractivity contribution in [3.8, 4) is 5.75 Å².